The van der Waals surface area contributed by atoms with Gasteiger partial charge < -0.3 is 14.4 Å². The molecule has 0 amide bonds. The molecule has 0 aliphatic rings. The monoisotopic (exact) mass is 230 g/mol. The summed E-state index contributed by atoms with van der Waals surface area (Å²) in [7, 11) is 1.59. The van der Waals surface area contributed by atoms with Gasteiger partial charge in [0, 0.05) is 19.8 Å². The van der Waals surface area contributed by atoms with Crippen LogP contribution in [0.4, 0.5) is 0 Å². The van der Waals surface area contributed by atoms with Crippen molar-refractivity contribution in [3.8, 4) is 0 Å². The highest BCUT2D eigenvalue weighted by Crippen LogP contribution is 2.56. The van der Waals surface area contributed by atoms with Gasteiger partial charge in [0.25, 0.3) is 0 Å². The normalized spacial score (nSPS) is 13.8. The molecule has 5 heteroatoms. The Morgan fingerprint density at radius 3 is 2.13 bits per heavy atom. The maximum Gasteiger partial charge on any atom is 0.391 e. The van der Waals surface area contributed by atoms with E-state index in [1.165, 1.54) is 14.2 Å². The first-order valence-corrected chi connectivity index (χ1v) is 6.34. The van der Waals surface area contributed by atoms with Crippen LogP contribution in [0, 0.1) is 0 Å². The zero-order valence-corrected chi connectivity index (χ0v) is 10.1. The van der Waals surface area contributed by atoms with Gasteiger partial charge in [0.15, 0.2) is 0 Å². The highest BCUT2D eigenvalue weighted by atomic mass is 31.2. The summed E-state index contributed by atoms with van der Waals surface area (Å²) in [6.45, 7) is 0. The molecule has 1 aromatic rings. The van der Waals surface area contributed by atoms with Gasteiger partial charge in [0.1, 0.15) is 0 Å². The van der Waals surface area contributed by atoms with Crippen LogP contribution >= 0.6 is 7.60 Å². The molecule has 0 saturated heterocycles. The summed E-state index contributed by atoms with van der Waals surface area (Å²) in [5.74, 6) is -0.311. The van der Waals surface area contributed by atoms with Crippen molar-refractivity contribution in [1.29, 1.82) is 0 Å². The fraction of sp³-hybridized carbons (Fsp3) is 0.400. The van der Waals surface area contributed by atoms with E-state index in [1.807, 2.05) is 42.7 Å². The molecule has 4 nitrogen and oxygen atoms in total. The first kappa shape index (κ1) is 12.4. The number of benzene rings is 1. The standard InChI is InChI=1S/C10H16NO3P/c1-11-10(15(12,13-2)14-3)9-7-5-4-6-8-9/h4-8,10-11H,1-3H3/p+1/t10-/m1/s1. The van der Waals surface area contributed by atoms with E-state index in [1.54, 1.807) is 0 Å². The van der Waals surface area contributed by atoms with Crippen LogP contribution in [0.2, 0.25) is 0 Å². The Kier molecular flexibility index (Phi) is 4.48. The Morgan fingerprint density at radius 1 is 1.20 bits per heavy atom. The molecule has 84 valence electrons. The molecule has 0 bridgehead atoms. The fourth-order valence-electron chi connectivity index (χ4n) is 1.51. The van der Waals surface area contributed by atoms with Crippen LogP contribution in [0.15, 0.2) is 30.3 Å². The third-order valence-electron chi connectivity index (χ3n) is 2.31. The predicted octanol–water partition coefficient (Wildman–Crippen LogP) is 1.36. The van der Waals surface area contributed by atoms with Gasteiger partial charge in [-0.25, -0.2) is 0 Å². The Hall–Kier alpha value is -0.670. The quantitative estimate of drug-likeness (QED) is 0.777. The van der Waals surface area contributed by atoms with Gasteiger partial charge in [-0.2, -0.15) is 0 Å². The lowest BCUT2D eigenvalue weighted by molar-refractivity contribution is -0.651. The maximum atomic E-state index is 12.2. The molecular formula is C10H17NO3P+. The average Bonchev–Trinajstić information content (AvgIpc) is 2.31. The Morgan fingerprint density at radius 2 is 1.73 bits per heavy atom. The van der Waals surface area contributed by atoms with E-state index in [0.29, 0.717) is 0 Å². The molecule has 1 rings (SSSR count). The number of hydrogen-bond acceptors (Lipinski definition) is 3. The first-order chi connectivity index (χ1) is 7.18. The lowest BCUT2D eigenvalue weighted by Crippen LogP contribution is -2.80. The second-order valence-corrected chi connectivity index (χ2v) is 5.46. The second-order valence-electron chi connectivity index (χ2n) is 3.09. The van der Waals surface area contributed by atoms with Gasteiger partial charge in [-0.05, 0) is 0 Å². The molecule has 0 fully saturated rings. The van der Waals surface area contributed by atoms with Crippen molar-refractivity contribution in [3.63, 3.8) is 0 Å². The van der Waals surface area contributed by atoms with E-state index in [4.69, 9.17) is 9.05 Å². The zero-order chi connectivity index (χ0) is 11.3. The van der Waals surface area contributed by atoms with Crippen molar-refractivity contribution in [2.24, 2.45) is 0 Å². The Labute approximate surface area is 90.1 Å². The molecule has 0 radical (unpaired) electrons. The molecule has 1 atom stereocenters. The van der Waals surface area contributed by atoms with Crippen LogP contribution in [0.25, 0.3) is 0 Å². The van der Waals surface area contributed by atoms with E-state index in [2.05, 4.69) is 0 Å². The van der Waals surface area contributed by atoms with Crippen LogP contribution < -0.4 is 5.32 Å². The number of nitrogens with two attached hydrogens (primary N) is 1. The second kappa shape index (κ2) is 5.42. The van der Waals surface area contributed by atoms with E-state index < -0.39 is 7.60 Å². The summed E-state index contributed by atoms with van der Waals surface area (Å²) in [5, 5.41) is 1.84. The van der Waals surface area contributed by atoms with Crippen LogP contribution in [0.1, 0.15) is 11.3 Å². The molecule has 0 aliphatic carbocycles. The van der Waals surface area contributed by atoms with Crippen LogP contribution in [-0.4, -0.2) is 21.3 Å². The highest BCUT2D eigenvalue weighted by molar-refractivity contribution is 7.53. The Bertz CT molecular complexity index is 334. The zero-order valence-electron chi connectivity index (χ0n) is 9.21. The van der Waals surface area contributed by atoms with E-state index in [0.717, 1.165) is 5.56 Å². The molecule has 0 aliphatic heterocycles. The lowest BCUT2D eigenvalue weighted by atomic mass is 10.2. The third kappa shape index (κ3) is 2.67. The maximum absolute atomic E-state index is 12.2. The van der Waals surface area contributed by atoms with Gasteiger partial charge in [-0.1, -0.05) is 30.3 Å². The van der Waals surface area contributed by atoms with E-state index in [-0.39, 0.29) is 5.78 Å². The smallest absolute Gasteiger partial charge is 0.332 e. The van der Waals surface area contributed by atoms with Crippen molar-refractivity contribution < 1.29 is 18.9 Å². The number of rotatable bonds is 5. The van der Waals surface area contributed by atoms with Gasteiger partial charge in [0.2, 0.25) is 5.78 Å². The van der Waals surface area contributed by atoms with Gasteiger partial charge in [-0.3, -0.25) is 4.57 Å². The summed E-state index contributed by atoms with van der Waals surface area (Å²) in [6, 6.07) is 9.55. The molecule has 0 unspecified atom stereocenters. The topological polar surface area (TPSA) is 52.1 Å². The van der Waals surface area contributed by atoms with Crippen molar-refractivity contribution >= 4 is 7.60 Å². The van der Waals surface area contributed by atoms with Crippen LogP contribution in [0.5, 0.6) is 0 Å². The minimum absolute atomic E-state index is 0.311. The van der Waals surface area contributed by atoms with Gasteiger partial charge in [0.05, 0.1) is 7.05 Å². The van der Waals surface area contributed by atoms with Crippen molar-refractivity contribution in [1.82, 2.24) is 0 Å². The molecule has 1 aromatic carbocycles. The molecule has 15 heavy (non-hydrogen) atoms. The lowest BCUT2D eigenvalue weighted by Gasteiger charge is -2.21. The number of hydrogen-bond donors (Lipinski definition) is 1. The summed E-state index contributed by atoms with van der Waals surface area (Å²) < 4.78 is 22.2. The molecule has 0 aromatic heterocycles. The summed E-state index contributed by atoms with van der Waals surface area (Å²) in [4.78, 5) is 0. The summed E-state index contributed by atoms with van der Waals surface area (Å²) in [6.07, 6.45) is 0. The highest BCUT2D eigenvalue weighted by Gasteiger charge is 2.37. The molecule has 0 spiro atoms. The SMILES string of the molecule is C[NH2+][C@@H](c1ccccc1)P(=O)(OC)OC. The van der Waals surface area contributed by atoms with Gasteiger partial charge in [-0.15, -0.1) is 0 Å². The summed E-state index contributed by atoms with van der Waals surface area (Å²) >= 11 is 0. The number of quaternary nitrogens is 1. The van der Waals surface area contributed by atoms with E-state index >= 15 is 0 Å². The minimum Gasteiger partial charge on any atom is -0.332 e. The molecule has 2 N–H and O–H groups in total. The average molecular weight is 230 g/mol. The largest absolute Gasteiger partial charge is 0.391 e. The van der Waals surface area contributed by atoms with Crippen LogP contribution in [0.3, 0.4) is 0 Å². The van der Waals surface area contributed by atoms with Gasteiger partial charge >= 0.3 is 7.60 Å². The van der Waals surface area contributed by atoms with Crippen LogP contribution in [-0.2, 0) is 13.6 Å². The van der Waals surface area contributed by atoms with Crippen molar-refractivity contribution in [3.05, 3.63) is 35.9 Å². The predicted molar refractivity (Wildman–Crippen MR) is 58.7 cm³/mol. The fourth-order valence-corrected chi connectivity index (χ4v) is 3.02. The van der Waals surface area contributed by atoms with Crippen molar-refractivity contribution in [2.45, 2.75) is 5.78 Å². The Balaban J connectivity index is 3.04. The molecule has 0 saturated carbocycles. The third-order valence-corrected chi connectivity index (χ3v) is 4.60. The first-order valence-electron chi connectivity index (χ1n) is 4.73. The molecule has 0 heterocycles. The summed E-state index contributed by atoms with van der Waals surface area (Å²) in [5.41, 5.74) is 0.937. The van der Waals surface area contributed by atoms with Crippen molar-refractivity contribution in [2.75, 3.05) is 21.3 Å². The molecular weight excluding hydrogens is 213 g/mol. The minimum atomic E-state index is -3.07. The van der Waals surface area contributed by atoms with E-state index in [9.17, 15) is 4.57 Å².